The second kappa shape index (κ2) is 12.7. The molecular weight excluding hydrogens is 411 g/mol. The van der Waals surface area contributed by atoms with Gasteiger partial charge in [-0.25, -0.2) is 0 Å². The fourth-order valence-corrected chi connectivity index (χ4v) is 3.78. The van der Waals surface area contributed by atoms with Gasteiger partial charge in [0.15, 0.2) is 5.78 Å². The Morgan fingerprint density at radius 1 is 1.12 bits per heavy atom. The van der Waals surface area contributed by atoms with Crippen molar-refractivity contribution in [3.63, 3.8) is 0 Å². The fourth-order valence-electron chi connectivity index (χ4n) is 3.78. The maximum Gasteiger partial charge on any atom is 0.488 e. The molecule has 0 aromatic heterocycles. The molecule has 2 rings (SSSR count). The van der Waals surface area contributed by atoms with E-state index < -0.39 is 7.12 Å². The van der Waals surface area contributed by atoms with Crippen LogP contribution in [0.5, 0.6) is 0 Å². The van der Waals surface area contributed by atoms with E-state index in [0.717, 1.165) is 23.1 Å². The highest BCUT2D eigenvalue weighted by Crippen LogP contribution is 2.40. The Bertz CT molecular complexity index is 960. The monoisotopic (exact) mass is 448 g/mol. The van der Waals surface area contributed by atoms with Gasteiger partial charge in [0.05, 0.1) is 6.61 Å². The van der Waals surface area contributed by atoms with Crippen LogP contribution in [0.4, 0.5) is 0 Å². The molecule has 33 heavy (non-hydrogen) atoms. The fraction of sp³-hybridized carbons (Fsp3) is 0.393. The maximum absolute atomic E-state index is 12.1. The van der Waals surface area contributed by atoms with E-state index in [2.05, 4.69) is 39.8 Å². The van der Waals surface area contributed by atoms with Crippen molar-refractivity contribution in [3.05, 3.63) is 88.6 Å². The quantitative estimate of drug-likeness (QED) is 0.301. The first-order valence-electron chi connectivity index (χ1n) is 11.6. The molecule has 1 aliphatic carbocycles. The van der Waals surface area contributed by atoms with Crippen LogP contribution in [-0.2, 0) is 16.1 Å². The first-order valence-corrected chi connectivity index (χ1v) is 11.6. The largest absolute Gasteiger partial charge is 0.488 e. The van der Waals surface area contributed by atoms with Crippen LogP contribution in [0.1, 0.15) is 59.4 Å². The molecular formula is C28H37BO4. The maximum atomic E-state index is 12.1. The average Bonchev–Trinajstić information content (AvgIpc) is 2.75. The summed E-state index contributed by atoms with van der Waals surface area (Å²) in [5, 5.41) is 18.2. The van der Waals surface area contributed by atoms with Crippen molar-refractivity contribution in [2.75, 3.05) is 6.61 Å². The molecule has 0 aliphatic heterocycles. The summed E-state index contributed by atoms with van der Waals surface area (Å²) in [6.45, 7) is 11.2. The van der Waals surface area contributed by atoms with Gasteiger partial charge in [0.1, 0.15) is 6.61 Å². The van der Waals surface area contributed by atoms with E-state index in [1.54, 1.807) is 30.3 Å². The number of ether oxygens (including phenoxy) is 1. The molecule has 0 atom stereocenters. The highest BCUT2D eigenvalue weighted by atomic mass is 16.5. The van der Waals surface area contributed by atoms with Crippen LogP contribution in [0.15, 0.2) is 83.0 Å². The van der Waals surface area contributed by atoms with E-state index >= 15 is 0 Å². The van der Waals surface area contributed by atoms with Crippen LogP contribution in [0.3, 0.4) is 0 Å². The van der Waals surface area contributed by atoms with Crippen LogP contribution in [-0.4, -0.2) is 29.6 Å². The minimum Gasteiger partial charge on any atom is -0.423 e. The van der Waals surface area contributed by atoms with E-state index in [4.69, 9.17) is 14.8 Å². The zero-order valence-electron chi connectivity index (χ0n) is 20.6. The lowest BCUT2D eigenvalue weighted by molar-refractivity contribution is -0.119. The number of hydrogen-bond acceptors (Lipinski definition) is 4. The van der Waals surface area contributed by atoms with Crippen molar-refractivity contribution < 1.29 is 19.6 Å². The Balaban J connectivity index is 1.82. The van der Waals surface area contributed by atoms with Gasteiger partial charge in [0.2, 0.25) is 0 Å². The SMILES string of the molecule is CC1=C(/C=C/C(C)=C\C=C\C(C)=C\C(=O)COCc2ccc(B(O)O)cc2)CCCC1(C)C. The number of allylic oxidation sites excluding steroid dienone is 9. The first kappa shape index (κ1) is 26.8. The first-order chi connectivity index (χ1) is 15.6. The molecule has 0 saturated carbocycles. The van der Waals surface area contributed by atoms with Crippen LogP contribution in [0.2, 0.25) is 0 Å². The third-order valence-corrected chi connectivity index (χ3v) is 6.19. The third kappa shape index (κ3) is 9.13. The van der Waals surface area contributed by atoms with E-state index in [1.165, 1.54) is 24.0 Å². The number of rotatable bonds is 10. The lowest BCUT2D eigenvalue weighted by Crippen LogP contribution is -2.29. The molecule has 0 heterocycles. The Labute approximate surface area is 199 Å². The standard InChI is InChI=1S/C28H37BO4/c1-21(11-14-25-10-7-17-28(4,5)23(25)3)8-6-9-22(2)18-27(30)20-33-19-24-12-15-26(16-13-24)29(31)32/h6,8-9,11-16,18,31-32H,7,10,17,19-20H2,1-5H3/b9-6+,14-11+,21-8-,22-18+. The smallest absolute Gasteiger partial charge is 0.423 e. The summed E-state index contributed by atoms with van der Waals surface area (Å²) in [5.74, 6) is -0.0949. The van der Waals surface area contributed by atoms with Gasteiger partial charge in [0, 0.05) is 0 Å². The molecule has 1 aromatic rings. The van der Waals surface area contributed by atoms with Gasteiger partial charge in [-0.3, -0.25) is 4.79 Å². The summed E-state index contributed by atoms with van der Waals surface area (Å²) in [6, 6.07) is 6.75. The molecule has 0 amide bonds. The Hall–Kier alpha value is -2.47. The zero-order valence-corrected chi connectivity index (χ0v) is 20.6. The lowest BCUT2D eigenvalue weighted by Gasteiger charge is -2.32. The molecule has 4 nitrogen and oxygen atoms in total. The molecule has 2 N–H and O–H groups in total. The topological polar surface area (TPSA) is 66.8 Å². The van der Waals surface area contributed by atoms with Gasteiger partial charge >= 0.3 is 7.12 Å². The highest BCUT2D eigenvalue weighted by molar-refractivity contribution is 6.58. The van der Waals surface area contributed by atoms with Crippen molar-refractivity contribution in [2.24, 2.45) is 5.41 Å². The molecule has 0 bridgehead atoms. The molecule has 0 fully saturated rings. The summed E-state index contributed by atoms with van der Waals surface area (Å²) in [6.07, 6.45) is 15.6. The summed E-state index contributed by atoms with van der Waals surface area (Å²) in [4.78, 5) is 12.1. The zero-order chi connectivity index (χ0) is 24.4. The Kier molecular flexibility index (Phi) is 10.3. The molecule has 176 valence electrons. The minimum atomic E-state index is -1.48. The van der Waals surface area contributed by atoms with Gasteiger partial charge < -0.3 is 14.8 Å². The van der Waals surface area contributed by atoms with Crippen LogP contribution in [0.25, 0.3) is 0 Å². The van der Waals surface area contributed by atoms with E-state index in [-0.39, 0.29) is 19.0 Å². The summed E-state index contributed by atoms with van der Waals surface area (Å²) >= 11 is 0. The van der Waals surface area contributed by atoms with Crippen molar-refractivity contribution in [2.45, 2.75) is 60.5 Å². The third-order valence-electron chi connectivity index (χ3n) is 6.19. The highest BCUT2D eigenvalue weighted by Gasteiger charge is 2.25. The Morgan fingerprint density at radius 3 is 2.48 bits per heavy atom. The van der Waals surface area contributed by atoms with Gasteiger partial charge in [-0.15, -0.1) is 0 Å². The molecule has 0 spiro atoms. The van der Waals surface area contributed by atoms with Crippen LogP contribution < -0.4 is 5.46 Å². The lowest BCUT2D eigenvalue weighted by atomic mass is 9.73. The van der Waals surface area contributed by atoms with E-state index in [9.17, 15) is 4.79 Å². The second-order valence-electron chi connectivity index (χ2n) is 9.45. The molecule has 5 heteroatoms. The number of ketones is 1. The minimum absolute atomic E-state index is 0.00201. The van der Waals surface area contributed by atoms with Crippen LogP contribution >= 0.6 is 0 Å². The van der Waals surface area contributed by atoms with Crippen LogP contribution in [0, 0.1) is 5.41 Å². The molecule has 0 saturated heterocycles. The number of hydrogen-bond donors (Lipinski definition) is 2. The summed E-state index contributed by atoms with van der Waals surface area (Å²) in [7, 11) is -1.48. The predicted molar refractivity (Wildman–Crippen MR) is 137 cm³/mol. The van der Waals surface area contributed by atoms with Crippen molar-refractivity contribution in [1.82, 2.24) is 0 Å². The van der Waals surface area contributed by atoms with Gasteiger partial charge in [0.25, 0.3) is 0 Å². The average molecular weight is 448 g/mol. The predicted octanol–water partition coefficient (Wildman–Crippen LogP) is 4.98. The Morgan fingerprint density at radius 2 is 1.82 bits per heavy atom. The molecule has 0 unspecified atom stereocenters. The number of benzene rings is 1. The van der Waals surface area contributed by atoms with Gasteiger partial charge in [-0.1, -0.05) is 79.6 Å². The molecule has 0 radical (unpaired) electrons. The summed E-state index contributed by atoms with van der Waals surface area (Å²) in [5.41, 5.74) is 6.55. The number of carbonyl (C=O) groups is 1. The van der Waals surface area contributed by atoms with E-state index in [0.29, 0.717) is 10.9 Å². The van der Waals surface area contributed by atoms with E-state index in [1.807, 2.05) is 25.2 Å². The number of carbonyl (C=O) groups excluding carboxylic acids is 1. The van der Waals surface area contributed by atoms with Crippen molar-refractivity contribution in [3.8, 4) is 0 Å². The molecule has 1 aromatic carbocycles. The van der Waals surface area contributed by atoms with Crippen molar-refractivity contribution in [1.29, 1.82) is 0 Å². The normalized spacial score (nSPS) is 17.3. The molecule has 1 aliphatic rings. The van der Waals surface area contributed by atoms with Gasteiger partial charge in [-0.2, -0.15) is 0 Å². The van der Waals surface area contributed by atoms with Gasteiger partial charge in [-0.05, 0) is 73.7 Å². The second-order valence-corrected chi connectivity index (χ2v) is 9.45. The summed E-state index contributed by atoms with van der Waals surface area (Å²) < 4.78 is 5.47. The van der Waals surface area contributed by atoms with Crippen molar-refractivity contribution >= 4 is 18.4 Å².